The van der Waals surface area contributed by atoms with Gasteiger partial charge >= 0.3 is 5.97 Å². The van der Waals surface area contributed by atoms with Crippen molar-refractivity contribution in [3.05, 3.63) is 204 Å². The van der Waals surface area contributed by atoms with E-state index in [4.69, 9.17) is 9.47 Å². The Kier molecular flexibility index (Phi) is 12.7. The summed E-state index contributed by atoms with van der Waals surface area (Å²) in [5, 5.41) is 5.87. The molecule has 0 saturated carbocycles. The van der Waals surface area contributed by atoms with Crippen LogP contribution in [0, 0.1) is 0 Å². The first-order valence-electron chi connectivity index (χ1n) is 18.5. The van der Waals surface area contributed by atoms with Crippen LogP contribution in [-0.4, -0.2) is 52.6 Å². The van der Waals surface area contributed by atoms with Crippen molar-refractivity contribution in [3.63, 3.8) is 0 Å². The minimum atomic E-state index is -2.47. The van der Waals surface area contributed by atoms with E-state index in [1.165, 1.54) is 0 Å². The lowest BCUT2D eigenvalue weighted by molar-refractivity contribution is -0.154. The lowest BCUT2D eigenvalue weighted by Gasteiger charge is -2.50. The highest BCUT2D eigenvalue weighted by molar-refractivity contribution is 8.00. The molecule has 6 aromatic carbocycles. The first-order chi connectivity index (χ1) is 27.5. The van der Waals surface area contributed by atoms with E-state index in [9.17, 15) is 9.59 Å². The summed E-state index contributed by atoms with van der Waals surface area (Å²) in [6, 6.07) is 58.9. The number of para-hydroxylation sites is 1. The van der Waals surface area contributed by atoms with Crippen LogP contribution < -0.4 is 42.9 Å². The number of benzene rings is 6. The standard InChI is InChI=1S/C47H39N2O5PS.BrH/c50-41(31-53-37-23-11-3-12-24-37)48-42-45(51)49-43(47(52)54-44(34-19-7-1-8-20-34)35-21-9-2-10-22-35)36(33-56-46(42)49)32-55(38-25-13-4-14-26-38,39-27-15-5-16-28-39)40-29-17-6-18-30-40;/h1-30,42,44,46H,31-33H2;1H/t42-,46-;/m1./s1. The number of ether oxygens (including phenoxy) is 2. The number of nitrogens with zero attached hydrogens (tertiary/aromatic N) is 1. The molecule has 0 unspecified atom stereocenters. The number of hydrogen-bond acceptors (Lipinski definition) is 6. The maximum Gasteiger partial charge on any atom is 0.356 e. The summed E-state index contributed by atoms with van der Waals surface area (Å²) in [6.07, 6.45) is -0.215. The second-order valence-electron chi connectivity index (χ2n) is 13.6. The Morgan fingerprint density at radius 3 is 1.58 bits per heavy atom. The van der Waals surface area contributed by atoms with Gasteiger partial charge in [-0.2, -0.15) is 0 Å². The summed E-state index contributed by atoms with van der Waals surface area (Å²) in [5.74, 6) is -0.343. The Morgan fingerprint density at radius 1 is 0.667 bits per heavy atom. The highest BCUT2D eigenvalue weighted by atomic mass is 79.9. The Morgan fingerprint density at radius 2 is 1.11 bits per heavy atom. The minimum absolute atomic E-state index is 0. The quantitative estimate of drug-likeness (QED) is 0.107. The summed E-state index contributed by atoms with van der Waals surface area (Å²) >= 11 is 1.55. The van der Waals surface area contributed by atoms with E-state index < -0.39 is 36.7 Å². The zero-order valence-electron chi connectivity index (χ0n) is 30.9. The zero-order chi connectivity index (χ0) is 38.3. The highest BCUT2D eigenvalue weighted by Gasteiger charge is 2.57. The molecule has 10 heteroatoms. The number of carbonyl (C=O) groups excluding carboxylic acids is 3. The number of halogens is 1. The van der Waals surface area contributed by atoms with Crippen LogP contribution in [-0.2, 0) is 19.1 Å². The molecule has 2 heterocycles. The normalized spacial score (nSPS) is 16.2. The van der Waals surface area contributed by atoms with E-state index in [0.29, 0.717) is 17.7 Å². The molecule has 57 heavy (non-hydrogen) atoms. The molecular weight excluding hydrogens is 815 g/mol. The molecule has 0 radical (unpaired) electrons. The van der Waals surface area contributed by atoms with Crippen LogP contribution in [0.4, 0.5) is 0 Å². The fourth-order valence-electron chi connectivity index (χ4n) is 7.48. The molecule has 7 nitrogen and oxygen atoms in total. The topological polar surface area (TPSA) is 84.9 Å². The van der Waals surface area contributed by atoms with Gasteiger partial charge in [-0.25, -0.2) is 4.79 Å². The van der Waals surface area contributed by atoms with Crippen molar-refractivity contribution in [2.45, 2.75) is 17.5 Å². The van der Waals surface area contributed by atoms with Gasteiger partial charge < -0.3 is 31.8 Å². The van der Waals surface area contributed by atoms with Gasteiger partial charge in [0.05, 0.1) is 6.16 Å². The fourth-order valence-corrected chi connectivity index (χ4v) is 13.3. The van der Waals surface area contributed by atoms with Crippen molar-refractivity contribution in [3.8, 4) is 5.75 Å². The van der Waals surface area contributed by atoms with Gasteiger partial charge in [0.1, 0.15) is 46.0 Å². The summed E-state index contributed by atoms with van der Waals surface area (Å²) in [4.78, 5) is 44.0. The molecule has 286 valence electrons. The second-order valence-corrected chi connectivity index (χ2v) is 18.2. The van der Waals surface area contributed by atoms with Gasteiger partial charge in [-0.05, 0) is 59.7 Å². The van der Waals surface area contributed by atoms with Crippen molar-refractivity contribution in [1.82, 2.24) is 10.2 Å². The molecule has 0 spiro atoms. The third-order valence-electron chi connectivity index (χ3n) is 10.1. The third kappa shape index (κ3) is 8.33. The molecule has 1 saturated heterocycles. The Balaban J connectivity index is 0.00000496. The van der Waals surface area contributed by atoms with Crippen LogP contribution >= 0.6 is 19.0 Å². The van der Waals surface area contributed by atoms with Crippen molar-refractivity contribution < 1.29 is 40.8 Å². The maximum atomic E-state index is 15.0. The SMILES string of the molecule is O=C(COc1ccccc1)N[C@@H]1C(=O)N2C(C(=O)OC(c3ccccc3)c3ccccc3)=C(C[P+](c3ccccc3)(c3ccccc3)c3ccccc3)CS[C@H]12.[Br-]. The van der Waals surface area contributed by atoms with E-state index in [0.717, 1.165) is 32.6 Å². The number of amides is 2. The zero-order valence-corrected chi connectivity index (χ0v) is 34.2. The van der Waals surface area contributed by atoms with Crippen LogP contribution in [0.15, 0.2) is 193 Å². The van der Waals surface area contributed by atoms with Gasteiger partial charge in [0.25, 0.3) is 11.8 Å². The highest BCUT2D eigenvalue weighted by Crippen LogP contribution is 2.58. The summed E-state index contributed by atoms with van der Waals surface area (Å²) in [5.41, 5.74) is 2.70. The number of carbonyl (C=O) groups is 3. The van der Waals surface area contributed by atoms with Crippen molar-refractivity contribution in [2.75, 3.05) is 18.5 Å². The molecule has 2 aliphatic heterocycles. The number of fused-ring (bicyclic) bond motifs is 1. The molecule has 2 amide bonds. The average molecular weight is 856 g/mol. The smallest absolute Gasteiger partial charge is 0.356 e. The van der Waals surface area contributed by atoms with E-state index in [2.05, 4.69) is 78.1 Å². The van der Waals surface area contributed by atoms with E-state index in [-0.39, 0.29) is 35.2 Å². The monoisotopic (exact) mass is 854 g/mol. The Bertz CT molecular complexity index is 2190. The molecule has 0 aromatic heterocycles. The molecule has 8 rings (SSSR count). The van der Waals surface area contributed by atoms with Gasteiger partial charge in [0.2, 0.25) is 0 Å². The van der Waals surface area contributed by atoms with Crippen molar-refractivity contribution >= 4 is 52.7 Å². The second kappa shape index (κ2) is 18.2. The average Bonchev–Trinajstić information content (AvgIpc) is 3.27. The number of hydrogen-bond donors (Lipinski definition) is 1. The molecular formula is C47H40BrN2O5PS. The first kappa shape index (κ1) is 39.8. The molecule has 6 aromatic rings. The number of nitrogens with one attached hydrogen (secondary N) is 1. The van der Waals surface area contributed by atoms with E-state index >= 15 is 4.79 Å². The number of thioether (sulfide) groups is 1. The number of rotatable bonds is 13. The third-order valence-corrected chi connectivity index (χ3v) is 15.9. The lowest BCUT2D eigenvalue weighted by Crippen LogP contribution is -3.00. The lowest BCUT2D eigenvalue weighted by atomic mass is 10.0. The first-order valence-corrected chi connectivity index (χ1v) is 21.5. The molecule has 1 fully saturated rings. The number of β-lactam (4-membered cyclic amide) rings is 1. The molecule has 2 atom stereocenters. The summed E-state index contributed by atoms with van der Waals surface area (Å²) < 4.78 is 12.2. The van der Waals surface area contributed by atoms with Crippen LogP contribution in [0.5, 0.6) is 5.75 Å². The van der Waals surface area contributed by atoms with Crippen LogP contribution in [0.1, 0.15) is 17.2 Å². The largest absolute Gasteiger partial charge is 1.00 e. The van der Waals surface area contributed by atoms with Crippen LogP contribution in [0.25, 0.3) is 0 Å². The predicted octanol–water partition coefficient (Wildman–Crippen LogP) is 4.05. The fraction of sp³-hybridized carbons (Fsp3) is 0.128. The van der Waals surface area contributed by atoms with Gasteiger partial charge in [0.15, 0.2) is 12.7 Å². The Labute approximate surface area is 348 Å². The molecule has 0 bridgehead atoms. The van der Waals surface area contributed by atoms with Gasteiger partial charge in [0, 0.05) is 11.3 Å². The van der Waals surface area contributed by atoms with Crippen LogP contribution in [0.3, 0.4) is 0 Å². The van der Waals surface area contributed by atoms with Crippen LogP contribution in [0.2, 0.25) is 0 Å². The van der Waals surface area contributed by atoms with Gasteiger partial charge in [-0.3, -0.25) is 14.5 Å². The minimum Gasteiger partial charge on any atom is -1.00 e. The summed E-state index contributed by atoms with van der Waals surface area (Å²) in [6.45, 7) is -0.241. The summed E-state index contributed by atoms with van der Waals surface area (Å²) in [7, 11) is -2.47. The van der Waals surface area contributed by atoms with E-state index in [1.54, 1.807) is 28.8 Å². The Hall–Kier alpha value is -5.47. The molecule has 0 aliphatic carbocycles. The molecule has 2 aliphatic rings. The van der Waals surface area contributed by atoms with Crippen molar-refractivity contribution in [1.29, 1.82) is 0 Å². The van der Waals surface area contributed by atoms with Gasteiger partial charge in [-0.1, -0.05) is 133 Å². The van der Waals surface area contributed by atoms with Crippen molar-refractivity contribution in [2.24, 2.45) is 0 Å². The maximum absolute atomic E-state index is 15.0. The van der Waals surface area contributed by atoms with Gasteiger partial charge in [-0.15, -0.1) is 11.8 Å². The molecule has 1 N–H and O–H groups in total. The van der Waals surface area contributed by atoms with E-state index in [1.807, 2.05) is 97.1 Å². The predicted molar refractivity (Wildman–Crippen MR) is 225 cm³/mol. The number of esters is 1.